The van der Waals surface area contributed by atoms with Crippen molar-refractivity contribution in [3.63, 3.8) is 0 Å². The van der Waals surface area contributed by atoms with E-state index in [-0.39, 0.29) is 29.2 Å². The molecule has 0 heterocycles. The van der Waals surface area contributed by atoms with E-state index in [0.717, 1.165) is 5.56 Å². The van der Waals surface area contributed by atoms with Crippen LogP contribution in [0.15, 0.2) is 96.1 Å². The molecule has 8 nitrogen and oxygen atoms in total. The third-order valence-electron chi connectivity index (χ3n) is 5.34. The summed E-state index contributed by atoms with van der Waals surface area (Å²) in [4.78, 5) is 37.5. The number of carbonyl (C=O) groups is 3. The van der Waals surface area contributed by atoms with Gasteiger partial charge in [0.25, 0.3) is 5.91 Å². The number of benzene rings is 4. The Hall–Kier alpha value is -4.66. The summed E-state index contributed by atoms with van der Waals surface area (Å²) < 4.78 is 16.4. The van der Waals surface area contributed by atoms with Crippen LogP contribution in [0.2, 0.25) is 10.0 Å². The number of hydrogen-bond acceptors (Lipinski definition) is 7. The van der Waals surface area contributed by atoms with Crippen molar-refractivity contribution < 1.29 is 28.6 Å². The van der Waals surface area contributed by atoms with E-state index in [4.69, 9.17) is 37.4 Å². The van der Waals surface area contributed by atoms with Crippen LogP contribution in [0, 0.1) is 6.92 Å². The molecule has 1 amide bonds. The number of hydrazone groups is 1. The standard InChI is InChI=1S/C30H22Cl2N2O6/c1-19-2-13-25(14-3-19)38-18-28(35)34-33-17-22-8-15-26(39-29(36)20-4-9-23(31)10-5-20)16-27(22)40-30(37)21-6-11-24(32)12-7-21/h2-17H,18H2,1H3,(H,34,35)/b33-17+. The second kappa shape index (κ2) is 13.4. The maximum atomic E-state index is 12.8. The van der Waals surface area contributed by atoms with Crippen LogP contribution in [0.3, 0.4) is 0 Å². The van der Waals surface area contributed by atoms with Crippen molar-refractivity contribution in [2.24, 2.45) is 5.10 Å². The van der Waals surface area contributed by atoms with Gasteiger partial charge in [-0.25, -0.2) is 15.0 Å². The average Bonchev–Trinajstić information content (AvgIpc) is 2.94. The van der Waals surface area contributed by atoms with Crippen LogP contribution in [0.25, 0.3) is 0 Å². The van der Waals surface area contributed by atoms with Gasteiger partial charge >= 0.3 is 11.9 Å². The van der Waals surface area contributed by atoms with Gasteiger partial charge < -0.3 is 14.2 Å². The Morgan fingerprint density at radius 2 is 1.30 bits per heavy atom. The lowest BCUT2D eigenvalue weighted by Gasteiger charge is -2.11. The smallest absolute Gasteiger partial charge is 0.343 e. The highest BCUT2D eigenvalue weighted by Gasteiger charge is 2.15. The van der Waals surface area contributed by atoms with Gasteiger partial charge in [0.15, 0.2) is 6.61 Å². The molecule has 0 unspecified atom stereocenters. The van der Waals surface area contributed by atoms with E-state index in [1.165, 1.54) is 48.7 Å². The largest absolute Gasteiger partial charge is 0.484 e. The highest BCUT2D eigenvalue weighted by atomic mass is 35.5. The second-order valence-electron chi connectivity index (χ2n) is 8.39. The molecule has 40 heavy (non-hydrogen) atoms. The predicted molar refractivity (Wildman–Crippen MR) is 152 cm³/mol. The van der Waals surface area contributed by atoms with Crippen LogP contribution < -0.4 is 19.6 Å². The zero-order valence-electron chi connectivity index (χ0n) is 21.1. The highest BCUT2D eigenvalue weighted by molar-refractivity contribution is 6.31. The number of ether oxygens (including phenoxy) is 3. The molecule has 10 heteroatoms. The van der Waals surface area contributed by atoms with E-state index >= 15 is 0 Å². The van der Waals surface area contributed by atoms with Crippen LogP contribution in [0.4, 0.5) is 0 Å². The summed E-state index contributed by atoms with van der Waals surface area (Å²) in [6.07, 6.45) is 1.29. The van der Waals surface area contributed by atoms with Gasteiger partial charge in [-0.05, 0) is 79.7 Å². The zero-order valence-corrected chi connectivity index (χ0v) is 22.6. The maximum absolute atomic E-state index is 12.8. The number of aryl methyl sites for hydroxylation is 1. The minimum absolute atomic E-state index is 0.0373. The molecule has 0 aliphatic heterocycles. The predicted octanol–water partition coefficient (Wildman–Crippen LogP) is 6.27. The Bertz CT molecular complexity index is 1540. The minimum atomic E-state index is -0.678. The van der Waals surface area contributed by atoms with Gasteiger partial charge in [-0.2, -0.15) is 5.10 Å². The number of carbonyl (C=O) groups excluding carboxylic acids is 3. The number of amides is 1. The molecule has 0 bridgehead atoms. The van der Waals surface area contributed by atoms with Crippen LogP contribution in [0.1, 0.15) is 31.8 Å². The number of rotatable bonds is 9. The van der Waals surface area contributed by atoms with Crippen molar-refractivity contribution in [1.29, 1.82) is 0 Å². The fraction of sp³-hybridized carbons (Fsp3) is 0.0667. The number of nitrogens with one attached hydrogen (secondary N) is 1. The van der Waals surface area contributed by atoms with Crippen molar-refractivity contribution >= 4 is 47.3 Å². The lowest BCUT2D eigenvalue weighted by atomic mass is 10.2. The van der Waals surface area contributed by atoms with Crippen molar-refractivity contribution in [3.8, 4) is 17.2 Å². The average molecular weight is 577 g/mol. The van der Waals surface area contributed by atoms with Crippen molar-refractivity contribution in [2.75, 3.05) is 6.61 Å². The monoisotopic (exact) mass is 576 g/mol. The molecular weight excluding hydrogens is 555 g/mol. The van der Waals surface area contributed by atoms with Crippen LogP contribution in [-0.4, -0.2) is 30.7 Å². The first kappa shape index (κ1) is 28.4. The summed E-state index contributed by atoms with van der Waals surface area (Å²) in [7, 11) is 0. The van der Waals surface area contributed by atoms with E-state index in [1.807, 2.05) is 19.1 Å². The van der Waals surface area contributed by atoms with E-state index in [9.17, 15) is 14.4 Å². The fourth-order valence-electron chi connectivity index (χ4n) is 3.26. The molecule has 0 aliphatic carbocycles. The summed E-state index contributed by atoms with van der Waals surface area (Å²) in [5.41, 5.74) is 4.28. The lowest BCUT2D eigenvalue weighted by molar-refractivity contribution is -0.123. The summed E-state index contributed by atoms with van der Waals surface area (Å²) in [5, 5.41) is 4.87. The number of nitrogens with zero attached hydrogens (tertiary/aromatic N) is 1. The first-order chi connectivity index (χ1) is 19.3. The molecule has 0 atom stereocenters. The van der Waals surface area contributed by atoms with Gasteiger partial charge in [0.2, 0.25) is 0 Å². The Kier molecular flexibility index (Phi) is 9.51. The second-order valence-corrected chi connectivity index (χ2v) is 9.26. The molecule has 0 aliphatic rings. The molecule has 4 aromatic rings. The molecule has 0 aromatic heterocycles. The summed E-state index contributed by atoms with van der Waals surface area (Å²) >= 11 is 11.8. The van der Waals surface area contributed by atoms with Crippen LogP contribution in [-0.2, 0) is 4.79 Å². The Labute approximate surface area is 240 Å². The van der Waals surface area contributed by atoms with Gasteiger partial charge in [0.1, 0.15) is 17.2 Å². The van der Waals surface area contributed by atoms with Gasteiger partial charge in [-0.3, -0.25) is 4.79 Å². The number of hydrogen-bond donors (Lipinski definition) is 1. The Morgan fingerprint density at radius 3 is 1.90 bits per heavy atom. The van der Waals surface area contributed by atoms with Crippen LogP contribution in [0.5, 0.6) is 17.2 Å². The SMILES string of the molecule is Cc1ccc(OCC(=O)N/N=C/c2ccc(OC(=O)c3ccc(Cl)cc3)cc2OC(=O)c2ccc(Cl)cc2)cc1. The van der Waals surface area contributed by atoms with Gasteiger partial charge in [0, 0.05) is 21.7 Å². The molecule has 0 radical (unpaired) electrons. The van der Waals surface area contributed by atoms with E-state index in [2.05, 4.69) is 10.5 Å². The molecule has 0 saturated heterocycles. The van der Waals surface area contributed by atoms with Crippen molar-refractivity contribution in [2.45, 2.75) is 6.92 Å². The molecule has 0 saturated carbocycles. The third kappa shape index (κ3) is 8.17. The molecule has 4 rings (SSSR count). The normalized spacial score (nSPS) is 10.7. The zero-order chi connectivity index (χ0) is 28.5. The van der Waals surface area contributed by atoms with Crippen molar-refractivity contribution in [1.82, 2.24) is 5.43 Å². The maximum Gasteiger partial charge on any atom is 0.343 e. The highest BCUT2D eigenvalue weighted by Crippen LogP contribution is 2.26. The summed E-state index contributed by atoms with van der Waals surface area (Å²) in [6, 6.07) is 24.0. The van der Waals surface area contributed by atoms with E-state index in [1.54, 1.807) is 36.4 Å². The lowest BCUT2D eigenvalue weighted by Crippen LogP contribution is -2.24. The van der Waals surface area contributed by atoms with E-state index < -0.39 is 17.8 Å². The van der Waals surface area contributed by atoms with E-state index in [0.29, 0.717) is 21.4 Å². The molecule has 1 N–H and O–H groups in total. The fourth-order valence-corrected chi connectivity index (χ4v) is 3.51. The Morgan fingerprint density at radius 1 is 0.750 bits per heavy atom. The molecule has 202 valence electrons. The number of halogens is 2. The van der Waals surface area contributed by atoms with Crippen LogP contribution >= 0.6 is 23.2 Å². The molecule has 0 fully saturated rings. The first-order valence-electron chi connectivity index (χ1n) is 11.9. The first-order valence-corrected chi connectivity index (χ1v) is 12.6. The van der Waals surface area contributed by atoms with Gasteiger partial charge in [0.05, 0.1) is 17.3 Å². The van der Waals surface area contributed by atoms with Gasteiger partial charge in [-0.15, -0.1) is 0 Å². The minimum Gasteiger partial charge on any atom is -0.484 e. The third-order valence-corrected chi connectivity index (χ3v) is 5.85. The molecular formula is C30H22Cl2N2O6. The topological polar surface area (TPSA) is 103 Å². The number of esters is 2. The van der Waals surface area contributed by atoms with Gasteiger partial charge in [-0.1, -0.05) is 40.9 Å². The Balaban J connectivity index is 1.48. The van der Waals surface area contributed by atoms with Crippen molar-refractivity contribution in [3.05, 3.63) is 123 Å². The molecule has 4 aromatic carbocycles. The summed E-state index contributed by atoms with van der Waals surface area (Å²) in [5.74, 6) is -1.10. The molecule has 0 spiro atoms. The quantitative estimate of drug-likeness (QED) is 0.109. The summed E-state index contributed by atoms with van der Waals surface area (Å²) in [6.45, 7) is 1.70.